The Morgan fingerprint density at radius 3 is 2.62 bits per heavy atom. The largest absolute Gasteiger partial charge is 0.481 e. The van der Waals surface area contributed by atoms with Crippen molar-refractivity contribution in [2.45, 2.75) is 20.3 Å². The van der Waals surface area contributed by atoms with Crippen LogP contribution in [0.5, 0.6) is 0 Å². The molecule has 0 heterocycles. The van der Waals surface area contributed by atoms with Crippen molar-refractivity contribution in [1.29, 1.82) is 0 Å². The van der Waals surface area contributed by atoms with Crippen LogP contribution in [-0.2, 0) is 11.2 Å². The molecule has 0 atom stereocenters. The van der Waals surface area contributed by atoms with E-state index < -0.39 is 17.2 Å². The van der Waals surface area contributed by atoms with E-state index in [-0.39, 0.29) is 15.9 Å². The van der Waals surface area contributed by atoms with E-state index in [1.165, 1.54) is 6.07 Å². The summed E-state index contributed by atoms with van der Waals surface area (Å²) >= 11 is 8.82. The van der Waals surface area contributed by atoms with Crippen LogP contribution < -0.4 is 0 Å². The standard InChI is InChI=1S/C11H11BrClFO2/c1-11(2,10(15)16)5-6-3-4-7(12)9(14)8(6)13/h3-4H,5H2,1-2H3,(H,15,16). The van der Waals surface area contributed by atoms with E-state index in [0.717, 1.165) is 0 Å². The maximum Gasteiger partial charge on any atom is 0.309 e. The predicted octanol–water partition coefficient (Wildman–Crippen LogP) is 3.89. The van der Waals surface area contributed by atoms with Gasteiger partial charge in [-0.25, -0.2) is 4.39 Å². The van der Waals surface area contributed by atoms with E-state index in [9.17, 15) is 9.18 Å². The van der Waals surface area contributed by atoms with Gasteiger partial charge in [0.2, 0.25) is 0 Å². The Morgan fingerprint density at radius 1 is 1.56 bits per heavy atom. The zero-order valence-corrected chi connectivity index (χ0v) is 11.2. The minimum Gasteiger partial charge on any atom is -0.481 e. The van der Waals surface area contributed by atoms with Gasteiger partial charge >= 0.3 is 5.97 Å². The second-order valence-corrected chi connectivity index (χ2v) is 5.43. The summed E-state index contributed by atoms with van der Waals surface area (Å²) < 4.78 is 13.7. The lowest BCUT2D eigenvalue weighted by atomic mass is 9.86. The number of hydrogen-bond donors (Lipinski definition) is 1. The van der Waals surface area contributed by atoms with E-state index in [0.29, 0.717) is 5.56 Å². The highest BCUT2D eigenvalue weighted by atomic mass is 79.9. The summed E-state index contributed by atoms with van der Waals surface area (Å²) in [6.45, 7) is 3.15. The van der Waals surface area contributed by atoms with Crippen molar-refractivity contribution in [3.8, 4) is 0 Å². The molecule has 1 aromatic carbocycles. The van der Waals surface area contributed by atoms with Crippen LogP contribution in [0.25, 0.3) is 0 Å². The molecule has 88 valence electrons. The van der Waals surface area contributed by atoms with Gasteiger partial charge in [-0.15, -0.1) is 0 Å². The van der Waals surface area contributed by atoms with E-state index in [1.807, 2.05) is 0 Å². The van der Waals surface area contributed by atoms with Crippen LogP contribution in [0.1, 0.15) is 19.4 Å². The second-order valence-electron chi connectivity index (χ2n) is 4.20. The summed E-state index contributed by atoms with van der Waals surface area (Å²) in [5.74, 6) is -1.49. The number of aliphatic carboxylic acids is 1. The number of rotatable bonds is 3. The van der Waals surface area contributed by atoms with Gasteiger partial charge in [-0.3, -0.25) is 4.79 Å². The fourth-order valence-electron chi connectivity index (χ4n) is 1.25. The Morgan fingerprint density at radius 2 is 2.12 bits per heavy atom. The van der Waals surface area contributed by atoms with E-state index >= 15 is 0 Å². The molecule has 1 N–H and O–H groups in total. The monoisotopic (exact) mass is 308 g/mol. The minimum atomic E-state index is -0.968. The third-order valence-electron chi connectivity index (χ3n) is 2.33. The zero-order chi connectivity index (χ0) is 12.5. The van der Waals surface area contributed by atoms with Crippen molar-refractivity contribution in [2.75, 3.05) is 0 Å². The average molecular weight is 310 g/mol. The van der Waals surface area contributed by atoms with Crippen molar-refractivity contribution in [3.05, 3.63) is 33.0 Å². The molecular weight excluding hydrogens is 298 g/mol. The molecule has 0 aliphatic heterocycles. The fraction of sp³-hybridized carbons (Fsp3) is 0.364. The molecule has 1 aromatic rings. The van der Waals surface area contributed by atoms with Gasteiger partial charge in [-0.05, 0) is 47.8 Å². The lowest BCUT2D eigenvalue weighted by Gasteiger charge is -2.19. The van der Waals surface area contributed by atoms with E-state index in [4.69, 9.17) is 16.7 Å². The molecule has 2 nitrogen and oxygen atoms in total. The molecule has 0 fully saturated rings. The summed E-state index contributed by atoms with van der Waals surface area (Å²) in [7, 11) is 0. The van der Waals surface area contributed by atoms with Crippen molar-refractivity contribution in [2.24, 2.45) is 5.41 Å². The Bertz CT molecular complexity index is 432. The number of carboxylic acids is 1. The molecule has 0 aliphatic carbocycles. The maximum absolute atomic E-state index is 13.4. The van der Waals surface area contributed by atoms with Crippen LogP contribution in [0.2, 0.25) is 5.02 Å². The number of carbonyl (C=O) groups is 1. The molecule has 0 saturated heterocycles. The van der Waals surface area contributed by atoms with Gasteiger partial charge in [0.15, 0.2) is 5.82 Å². The molecule has 0 bridgehead atoms. The molecule has 0 saturated carbocycles. The molecule has 0 unspecified atom stereocenters. The Hall–Kier alpha value is -0.610. The van der Waals surface area contributed by atoms with E-state index in [2.05, 4.69) is 15.9 Å². The molecule has 1 rings (SSSR count). The smallest absolute Gasteiger partial charge is 0.309 e. The van der Waals surface area contributed by atoms with Gasteiger partial charge in [0.05, 0.1) is 14.9 Å². The van der Waals surface area contributed by atoms with Crippen LogP contribution in [0.4, 0.5) is 4.39 Å². The molecule has 5 heteroatoms. The first kappa shape index (κ1) is 13.5. The summed E-state index contributed by atoms with van der Waals surface area (Å²) in [5.41, 5.74) is -0.473. The number of hydrogen-bond acceptors (Lipinski definition) is 1. The lowest BCUT2D eigenvalue weighted by molar-refractivity contribution is -0.146. The van der Waals surface area contributed by atoms with Crippen molar-refractivity contribution in [3.63, 3.8) is 0 Å². The Labute approximate surface area is 107 Å². The molecule has 16 heavy (non-hydrogen) atoms. The SMILES string of the molecule is CC(C)(Cc1ccc(Br)c(F)c1Cl)C(=O)O. The zero-order valence-electron chi connectivity index (χ0n) is 8.85. The molecule has 0 aromatic heterocycles. The van der Waals surface area contributed by atoms with E-state index in [1.54, 1.807) is 19.9 Å². The highest BCUT2D eigenvalue weighted by Gasteiger charge is 2.28. The number of carboxylic acid groups (broad SMARTS) is 1. The fourth-order valence-corrected chi connectivity index (χ4v) is 1.93. The third kappa shape index (κ3) is 2.74. The summed E-state index contributed by atoms with van der Waals surface area (Å²) in [6, 6.07) is 3.15. The average Bonchev–Trinajstić information content (AvgIpc) is 2.19. The number of halogens is 3. The minimum absolute atomic E-state index is 0.0244. The summed E-state index contributed by atoms with van der Waals surface area (Å²) in [4.78, 5) is 10.9. The highest BCUT2D eigenvalue weighted by Crippen LogP contribution is 2.31. The summed E-state index contributed by atoms with van der Waals surface area (Å²) in [6.07, 6.45) is 0.186. The topological polar surface area (TPSA) is 37.3 Å². The molecule has 0 amide bonds. The normalized spacial score (nSPS) is 11.6. The van der Waals surface area contributed by atoms with Crippen molar-refractivity contribution >= 4 is 33.5 Å². The first-order chi connectivity index (χ1) is 7.25. The maximum atomic E-state index is 13.4. The molecule has 0 aliphatic rings. The third-order valence-corrected chi connectivity index (χ3v) is 3.35. The first-order valence-electron chi connectivity index (χ1n) is 4.61. The van der Waals surface area contributed by atoms with Gasteiger partial charge in [0, 0.05) is 0 Å². The molecule has 0 spiro atoms. The molecule has 0 radical (unpaired) electrons. The first-order valence-corrected chi connectivity index (χ1v) is 5.78. The quantitative estimate of drug-likeness (QED) is 0.860. The van der Waals surface area contributed by atoms with Crippen LogP contribution in [0.15, 0.2) is 16.6 Å². The van der Waals surface area contributed by atoms with Crippen LogP contribution >= 0.6 is 27.5 Å². The predicted molar refractivity (Wildman–Crippen MR) is 64.2 cm³/mol. The van der Waals surface area contributed by atoms with Crippen molar-refractivity contribution < 1.29 is 14.3 Å². The van der Waals surface area contributed by atoms with Crippen LogP contribution in [0.3, 0.4) is 0 Å². The second kappa shape index (κ2) is 4.72. The van der Waals surface area contributed by atoms with Gasteiger partial charge in [-0.1, -0.05) is 17.7 Å². The van der Waals surface area contributed by atoms with Crippen LogP contribution in [-0.4, -0.2) is 11.1 Å². The summed E-state index contributed by atoms with van der Waals surface area (Å²) in [5, 5.41) is 8.95. The Kier molecular flexibility index (Phi) is 3.97. The highest BCUT2D eigenvalue weighted by molar-refractivity contribution is 9.10. The molecular formula is C11H11BrClFO2. The van der Waals surface area contributed by atoms with Gasteiger partial charge < -0.3 is 5.11 Å². The van der Waals surface area contributed by atoms with Crippen LogP contribution in [0, 0.1) is 11.2 Å². The van der Waals surface area contributed by atoms with Crippen molar-refractivity contribution in [1.82, 2.24) is 0 Å². The van der Waals surface area contributed by atoms with Gasteiger partial charge in [0.1, 0.15) is 0 Å². The Balaban J connectivity index is 3.08. The van der Waals surface area contributed by atoms with Gasteiger partial charge in [0.25, 0.3) is 0 Å². The van der Waals surface area contributed by atoms with Gasteiger partial charge in [-0.2, -0.15) is 0 Å². The number of benzene rings is 1. The lowest BCUT2D eigenvalue weighted by Crippen LogP contribution is -2.26.